The second-order valence-electron chi connectivity index (χ2n) is 13.5. The van der Waals surface area contributed by atoms with Crippen LogP contribution in [0.2, 0.25) is 0 Å². The lowest BCUT2D eigenvalue weighted by Crippen LogP contribution is -2.28. The zero-order valence-electron chi connectivity index (χ0n) is 31.5. The molecule has 0 bridgehead atoms. The van der Waals surface area contributed by atoms with Crippen molar-refractivity contribution in [2.45, 2.75) is 63.5 Å². The highest BCUT2D eigenvalue weighted by Crippen LogP contribution is 2.27. The largest absolute Gasteiger partial charge is 0.494 e. The Labute approximate surface area is 338 Å². The molecule has 290 valence electrons. The molecular formula is C46H50N4O4S2. The van der Waals surface area contributed by atoms with Gasteiger partial charge in [0.05, 0.1) is 25.3 Å². The van der Waals surface area contributed by atoms with Crippen LogP contribution in [0.1, 0.15) is 93.9 Å². The van der Waals surface area contributed by atoms with Crippen LogP contribution in [0.4, 0.5) is 11.4 Å². The Morgan fingerprint density at radius 2 is 0.857 bits per heavy atom. The average molecular weight is 787 g/mol. The standard InChI is InChI=1S/C46H50N4O4S2/c51-43(33-41(45-19-13-31-55-45)49-47-37-15-7-5-8-16-37)35-21-25-39(26-22-35)53-29-11-3-1-2-4-12-30-54-40-27-23-36(24-28-40)44(52)34-42(46-20-14-32-56-46)50-48-38-17-9-6-10-18-38/h5-10,13-28,31-32,41-42,47-50H,1-4,11-12,29-30,33-34H2. The van der Waals surface area contributed by atoms with Gasteiger partial charge >= 0.3 is 0 Å². The van der Waals surface area contributed by atoms with Crippen LogP contribution in [0.3, 0.4) is 0 Å². The minimum atomic E-state index is -0.143. The third kappa shape index (κ3) is 13.2. The number of carbonyl (C=O) groups is 2. The van der Waals surface area contributed by atoms with Gasteiger partial charge in [-0.25, -0.2) is 10.9 Å². The van der Waals surface area contributed by atoms with Crippen molar-refractivity contribution < 1.29 is 19.1 Å². The van der Waals surface area contributed by atoms with Gasteiger partial charge in [-0.2, -0.15) is 0 Å². The van der Waals surface area contributed by atoms with Crippen molar-refractivity contribution in [3.8, 4) is 11.5 Å². The number of ketones is 2. The van der Waals surface area contributed by atoms with Crippen LogP contribution in [0.5, 0.6) is 11.5 Å². The van der Waals surface area contributed by atoms with E-state index >= 15 is 0 Å². The Hall–Kier alpha value is -5.26. The molecule has 0 aliphatic carbocycles. The lowest BCUT2D eigenvalue weighted by Gasteiger charge is -2.18. The monoisotopic (exact) mass is 786 g/mol. The Balaban J connectivity index is 0.816. The van der Waals surface area contributed by atoms with Gasteiger partial charge in [0.2, 0.25) is 0 Å². The first-order chi connectivity index (χ1) is 27.6. The average Bonchev–Trinajstić information content (AvgIpc) is 3.99. The molecule has 4 aromatic carbocycles. The van der Waals surface area contributed by atoms with Gasteiger partial charge < -0.3 is 20.3 Å². The highest BCUT2D eigenvalue weighted by molar-refractivity contribution is 7.10. The fraction of sp³-hybridized carbons (Fsp3) is 0.261. The second-order valence-corrected chi connectivity index (χ2v) is 15.5. The molecule has 2 atom stereocenters. The normalized spacial score (nSPS) is 12.1. The molecule has 0 saturated carbocycles. The van der Waals surface area contributed by atoms with Gasteiger partial charge in [0.15, 0.2) is 11.6 Å². The molecule has 2 aromatic heterocycles. The number of benzene rings is 4. The summed E-state index contributed by atoms with van der Waals surface area (Å²) in [6, 6.07) is 42.6. The second kappa shape index (κ2) is 22.3. The molecule has 2 unspecified atom stereocenters. The van der Waals surface area contributed by atoms with Crippen molar-refractivity contribution in [1.82, 2.24) is 10.9 Å². The maximum atomic E-state index is 13.2. The van der Waals surface area contributed by atoms with Gasteiger partial charge in [0.25, 0.3) is 0 Å². The van der Waals surface area contributed by atoms with E-state index in [0.29, 0.717) is 37.2 Å². The lowest BCUT2D eigenvalue weighted by atomic mass is 10.0. The Bertz CT molecular complexity index is 1840. The molecule has 0 amide bonds. The van der Waals surface area contributed by atoms with Crippen LogP contribution in [0.15, 0.2) is 144 Å². The van der Waals surface area contributed by atoms with Crippen molar-refractivity contribution in [2.75, 3.05) is 24.1 Å². The van der Waals surface area contributed by atoms with Crippen molar-refractivity contribution in [3.05, 3.63) is 165 Å². The maximum absolute atomic E-state index is 13.2. The van der Waals surface area contributed by atoms with Crippen LogP contribution in [-0.2, 0) is 0 Å². The summed E-state index contributed by atoms with van der Waals surface area (Å²) in [7, 11) is 0. The summed E-state index contributed by atoms with van der Waals surface area (Å²) in [5.74, 6) is 1.72. The van der Waals surface area contributed by atoms with Gasteiger partial charge in [-0.15, -0.1) is 22.7 Å². The van der Waals surface area contributed by atoms with E-state index in [1.165, 1.54) is 0 Å². The van der Waals surface area contributed by atoms with Gasteiger partial charge in [0.1, 0.15) is 11.5 Å². The summed E-state index contributed by atoms with van der Waals surface area (Å²) in [6.45, 7) is 1.31. The van der Waals surface area contributed by atoms with Crippen molar-refractivity contribution in [3.63, 3.8) is 0 Å². The maximum Gasteiger partial charge on any atom is 0.164 e. The predicted molar refractivity (Wildman–Crippen MR) is 230 cm³/mol. The number of hydrogen-bond donors (Lipinski definition) is 4. The highest BCUT2D eigenvalue weighted by Gasteiger charge is 2.20. The number of hydrazine groups is 2. The number of para-hydroxylation sites is 2. The van der Waals surface area contributed by atoms with Crippen molar-refractivity contribution in [1.29, 1.82) is 0 Å². The Morgan fingerprint density at radius 3 is 1.23 bits per heavy atom. The number of nitrogens with one attached hydrogen (secondary N) is 4. The Morgan fingerprint density at radius 1 is 0.464 bits per heavy atom. The van der Waals surface area contributed by atoms with Gasteiger partial charge in [0, 0.05) is 45.1 Å². The van der Waals surface area contributed by atoms with Crippen molar-refractivity contribution in [2.24, 2.45) is 0 Å². The topological polar surface area (TPSA) is 101 Å². The smallest absolute Gasteiger partial charge is 0.164 e. The first-order valence-electron chi connectivity index (χ1n) is 19.3. The fourth-order valence-electron chi connectivity index (χ4n) is 6.18. The van der Waals surface area contributed by atoms with Gasteiger partial charge in [-0.3, -0.25) is 9.59 Å². The minimum absolute atomic E-state index is 0.0766. The molecule has 0 aliphatic heterocycles. The predicted octanol–water partition coefficient (Wildman–Crippen LogP) is 11.5. The number of rotatable bonds is 25. The highest BCUT2D eigenvalue weighted by atomic mass is 32.1. The molecule has 0 spiro atoms. The van der Waals surface area contributed by atoms with E-state index in [4.69, 9.17) is 9.47 Å². The van der Waals surface area contributed by atoms with Crippen LogP contribution in [0, 0.1) is 0 Å². The first kappa shape index (κ1) is 40.4. The van der Waals surface area contributed by atoms with Gasteiger partial charge in [-0.05, 0) is 109 Å². The van der Waals surface area contributed by atoms with Crippen LogP contribution < -0.4 is 31.2 Å². The minimum Gasteiger partial charge on any atom is -0.494 e. The number of anilines is 2. The molecule has 6 aromatic rings. The van der Waals surface area contributed by atoms with E-state index in [9.17, 15) is 9.59 Å². The van der Waals surface area contributed by atoms with Gasteiger partial charge in [-0.1, -0.05) is 74.2 Å². The van der Waals surface area contributed by atoms with Crippen LogP contribution in [0.25, 0.3) is 0 Å². The summed E-state index contributed by atoms with van der Waals surface area (Å²) < 4.78 is 11.9. The molecule has 56 heavy (non-hydrogen) atoms. The quantitative estimate of drug-likeness (QED) is 0.0259. The van der Waals surface area contributed by atoms with E-state index in [1.54, 1.807) is 22.7 Å². The lowest BCUT2D eigenvalue weighted by molar-refractivity contribution is 0.0962. The summed E-state index contributed by atoms with van der Waals surface area (Å²) in [4.78, 5) is 28.6. The van der Waals surface area contributed by atoms with Crippen molar-refractivity contribution >= 4 is 45.6 Å². The number of carbonyl (C=O) groups excluding carboxylic acids is 2. The number of hydrogen-bond acceptors (Lipinski definition) is 10. The molecule has 0 saturated heterocycles. The molecule has 0 fully saturated rings. The molecule has 2 heterocycles. The number of Topliss-reactive ketones (excluding diaryl/α,β-unsaturated/α-hetero) is 2. The zero-order chi connectivity index (χ0) is 38.6. The molecule has 0 aliphatic rings. The number of thiophene rings is 2. The Kier molecular flexibility index (Phi) is 16.1. The third-order valence-corrected chi connectivity index (χ3v) is 11.3. The number of unbranched alkanes of at least 4 members (excludes halogenated alkanes) is 5. The molecule has 0 radical (unpaired) electrons. The summed E-state index contributed by atoms with van der Waals surface area (Å²) in [5, 5.41) is 4.06. The van der Waals surface area contributed by atoms with Crippen LogP contribution >= 0.6 is 22.7 Å². The number of ether oxygens (including phenoxy) is 2. The molecule has 4 N–H and O–H groups in total. The SMILES string of the molecule is O=C(CC(NNc1ccccc1)c1cccs1)c1ccc(OCCCCCCCCOc2ccc(C(=O)CC(NNc3ccccc3)c3cccs3)cc2)cc1. The van der Waals surface area contributed by atoms with E-state index in [1.807, 2.05) is 144 Å². The van der Waals surface area contributed by atoms with E-state index < -0.39 is 0 Å². The van der Waals surface area contributed by atoms with E-state index in [2.05, 4.69) is 21.7 Å². The first-order valence-corrected chi connectivity index (χ1v) is 21.1. The molecule has 6 rings (SSSR count). The summed E-state index contributed by atoms with van der Waals surface area (Å²) in [6.07, 6.45) is 7.15. The van der Waals surface area contributed by atoms with E-state index in [-0.39, 0.29) is 23.7 Å². The molecule has 8 nitrogen and oxygen atoms in total. The summed E-state index contributed by atoms with van der Waals surface area (Å²) in [5.41, 5.74) is 16.4. The van der Waals surface area contributed by atoms with E-state index in [0.717, 1.165) is 71.2 Å². The fourth-order valence-corrected chi connectivity index (χ4v) is 7.74. The molecule has 10 heteroatoms. The zero-order valence-corrected chi connectivity index (χ0v) is 33.2. The molecular weight excluding hydrogens is 737 g/mol. The third-order valence-electron chi connectivity index (χ3n) is 9.31. The summed E-state index contributed by atoms with van der Waals surface area (Å²) >= 11 is 3.27. The van der Waals surface area contributed by atoms with Crippen LogP contribution in [-0.4, -0.2) is 24.8 Å².